The summed E-state index contributed by atoms with van der Waals surface area (Å²) >= 11 is 0. The van der Waals surface area contributed by atoms with Crippen molar-refractivity contribution in [2.75, 3.05) is 24.5 Å². The number of carbonyl (C=O) groups excluding carboxylic acids is 1. The van der Waals surface area contributed by atoms with Gasteiger partial charge in [0.25, 0.3) is 5.91 Å². The summed E-state index contributed by atoms with van der Waals surface area (Å²) < 4.78 is 53.8. The van der Waals surface area contributed by atoms with Gasteiger partial charge in [-0.15, -0.1) is 0 Å². The Morgan fingerprint density at radius 1 is 1.06 bits per heavy atom. The van der Waals surface area contributed by atoms with E-state index in [1.165, 1.54) is 34.2 Å². The molecule has 0 N–H and O–H groups in total. The van der Waals surface area contributed by atoms with Crippen LogP contribution in [0.2, 0.25) is 0 Å². The van der Waals surface area contributed by atoms with Crippen molar-refractivity contribution in [1.29, 1.82) is 0 Å². The summed E-state index contributed by atoms with van der Waals surface area (Å²) in [5.41, 5.74) is -0.949. The highest BCUT2D eigenvalue weighted by atomic mass is 19.4. The first-order chi connectivity index (χ1) is 15.3. The molecule has 2 fully saturated rings. The van der Waals surface area contributed by atoms with Crippen molar-refractivity contribution in [3.8, 4) is 5.69 Å². The third-order valence-electron chi connectivity index (χ3n) is 5.87. The molecule has 2 aliphatic heterocycles. The number of piperidine rings is 1. The zero-order valence-corrected chi connectivity index (χ0v) is 16.6. The van der Waals surface area contributed by atoms with E-state index in [1.807, 2.05) is 0 Å². The topological polar surface area (TPSA) is 80.0 Å². The Bertz CT molecular complexity index is 1150. The van der Waals surface area contributed by atoms with E-state index in [0.717, 1.165) is 12.3 Å². The minimum Gasteiger partial charge on any atom is -0.336 e. The number of carbonyl (C=O) groups is 1. The molecule has 3 aromatic rings. The van der Waals surface area contributed by atoms with Gasteiger partial charge in [-0.2, -0.15) is 28.2 Å². The number of benzene rings is 1. The van der Waals surface area contributed by atoms with Gasteiger partial charge in [-0.25, -0.2) is 14.4 Å². The highest BCUT2D eigenvalue weighted by Gasteiger charge is 2.46. The summed E-state index contributed by atoms with van der Waals surface area (Å²) in [7, 11) is 0. The number of nitrogens with zero attached hydrogens (tertiary/aromatic N) is 7. The molecule has 2 aromatic heterocycles. The second-order valence-electron chi connectivity index (χ2n) is 7.71. The van der Waals surface area contributed by atoms with Crippen LogP contribution < -0.4 is 4.90 Å². The summed E-state index contributed by atoms with van der Waals surface area (Å²) in [5, 5.41) is 7.97. The van der Waals surface area contributed by atoms with Crippen LogP contribution in [0.1, 0.15) is 22.5 Å². The van der Waals surface area contributed by atoms with Gasteiger partial charge in [-0.1, -0.05) is 6.07 Å². The Kier molecular flexibility index (Phi) is 4.79. The smallest absolute Gasteiger partial charge is 0.336 e. The predicted molar refractivity (Wildman–Crippen MR) is 103 cm³/mol. The highest BCUT2D eigenvalue weighted by molar-refractivity contribution is 5.98. The van der Waals surface area contributed by atoms with Gasteiger partial charge in [-0.3, -0.25) is 4.79 Å². The molecule has 0 saturated carbocycles. The molecule has 1 aromatic carbocycles. The van der Waals surface area contributed by atoms with Gasteiger partial charge in [0.15, 0.2) is 0 Å². The fraction of sp³-hybridized carbons (Fsp3) is 0.350. The van der Waals surface area contributed by atoms with E-state index in [4.69, 9.17) is 0 Å². The number of amides is 1. The van der Waals surface area contributed by atoms with Crippen molar-refractivity contribution in [1.82, 2.24) is 29.9 Å². The van der Waals surface area contributed by atoms with Gasteiger partial charge in [0, 0.05) is 31.7 Å². The summed E-state index contributed by atoms with van der Waals surface area (Å²) in [5.74, 6) is -1.04. The third-order valence-corrected chi connectivity index (χ3v) is 5.87. The van der Waals surface area contributed by atoms with Gasteiger partial charge in [-0.05, 0) is 24.6 Å². The van der Waals surface area contributed by atoms with Crippen LogP contribution >= 0.6 is 0 Å². The van der Waals surface area contributed by atoms with E-state index in [-0.39, 0.29) is 35.7 Å². The zero-order valence-electron chi connectivity index (χ0n) is 16.6. The van der Waals surface area contributed by atoms with Crippen LogP contribution in [0.3, 0.4) is 0 Å². The van der Waals surface area contributed by atoms with Crippen molar-refractivity contribution in [3.05, 3.63) is 59.9 Å². The molecule has 0 bridgehead atoms. The maximum atomic E-state index is 14.7. The summed E-state index contributed by atoms with van der Waals surface area (Å²) in [6.45, 7) is 1.15. The lowest BCUT2D eigenvalue weighted by atomic mass is 9.82. The molecular formula is C20H17F4N7O. The maximum absolute atomic E-state index is 14.7. The number of alkyl halides is 3. The van der Waals surface area contributed by atoms with Gasteiger partial charge >= 0.3 is 6.18 Å². The molecule has 5 rings (SSSR count). The van der Waals surface area contributed by atoms with E-state index >= 15 is 0 Å². The molecule has 32 heavy (non-hydrogen) atoms. The Morgan fingerprint density at radius 3 is 2.59 bits per heavy atom. The van der Waals surface area contributed by atoms with E-state index in [2.05, 4.69) is 20.2 Å². The largest absolute Gasteiger partial charge is 0.433 e. The normalized spacial score (nSPS) is 20.6. The van der Waals surface area contributed by atoms with E-state index in [0.29, 0.717) is 19.5 Å². The van der Waals surface area contributed by atoms with Gasteiger partial charge in [0.05, 0.1) is 18.4 Å². The summed E-state index contributed by atoms with van der Waals surface area (Å²) in [6, 6.07) is 4.79. The molecule has 4 heterocycles. The second kappa shape index (κ2) is 7.53. The maximum Gasteiger partial charge on any atom is 0.433 e. The SMILES string of the molecule is O=C(c1c(F)cccc1-n1nccn1)N1CC[C@H]2CN(c3nccc(C(F)(F)F)n3)[C@H]2C1. The van der Waals surface area contributed by atoms with Crippen molar-refractivity contribution >= 4 is 11.9 Å². The molecular weight excluding hydrogens is 430 g/mol. The van der Waals surface area contributed by atoms with Crippen LogP contribution in [0.5, 0.6) is 0 Å². The Labute approximate surface area is 179 Å². The van der Waals surface area contributed by atoms with Crippen LogP contribution in [-0.2, 0) is 6.18 Å². The quantitative estimate of drug-likeness (QED) is 0.575. The van der Waals surface area contributed by atoms with Gasteiger partial charge < -0.3 is 9.80 Å². The number of anilines is 1. The van der Waals surface area contributed by atoms with Crippen molar-refractivity contribution in [2.24, 2.45) is 5.92 Å². The number of aromatic nitrogens is 5. The average Bonchev–Trinajstić information content (AvgIpc) is 3.28. The molecule has 2 saturated heterocycles. The molecule has 0 aliphatic carbocycles. The molecule has 0 radical (unpaired) electrons. The summed E-state index contributed by atoms with van der Waals surface area (Å²) in [6.07, 6.45) is -0.00117. The van der Waals surface area contributed by atoms with Gasteiger partial charge in [0.1, 0.15) is 22.8 Å². The Balaban J connectivity index is 1.39. The minimum atomic E-state index is -4.57. The fourth-order valence-corrected chi connectivity index (χ4v) is 4.24. The first kappa shape index (κ1) is 20.3. The molecule has 0 unspecified atom stereocenters. The average molecular weight is 447 g/mol. The van der Waals surface area contributed by atoms with E-state index in [9.17, 15) is 22.4 Å². The molecule has 2 aliphatic rings. The van der Waals surface area contributed by atoms with E-state index in [1.54, 1.807) is 11.0 Å². The van der Waals surface area contributed by atoms with Crippen LogP contribution in [0, 0.1) is 11.7 Å². The highest BCUT2D eigenvalue weighted by Crippen LogP contribution is 2.37. The standard InChI is InChI=1S/C20H17F4N7O/c21-13-2-1-3-14(31-26-7-8-27-31)17(13)18(32)29-9-5-12-10-30(15(12)11-29)19-25-6-4-16(28-19)20(22,23)24/h1-4,6-8,12,15H,5,9-11H2/t12-,15-/m0/s1. The zero-order chi connectivity index (χ0) is 22.5. The molecule has 1 amide bonds. The number of hydrogen-bond acceptors (Lipinski definition) is 6. The molecule has 166 valence electrons. The third kappa shape index (κ3) is 3.45. The summed E-state index contributed by atoms with van der Waals surface area (Å²) in [4.78, 5) is 25.2. The number of fused-ring (bicyclic) bond motifs is 1. The van der Waals surface area contributed by atoms with E-state index < -0.39 is 23.6 Å². The predicted octanol–water partition coefficient (Wildman–Crippen LogP) is 2.57. The monoisotopic (exact) mass is 447 g/mol. The van der Waals surface area contributed by atoms with Crippen molar-refractivity contribution < 1.29 is 22.4 Å². The van der Waals surface area contributed by atoms with Crippen molar-refractivity contribution in [2.45, 2.75) is 18.6 Å². The first-order valence-corrected chi connectivity index (χ1v) is 9.94. The number of likely N-dealkylation sites (tertiary alicyclic amines) is 1. The van der Waals surface area contributed by atoms with Crippen LogP contribution in [-0.4, -0.2) is 61.4 Å². The lowest BCUT2D eigenvalue weighted by Gasteiger charge is -2.53. The Hall–Kier alpha value is -3.57. The lowest BCUT2D eigenvalue weighted by molar-refractivity contribution is -0.141. The second-order valence-corrected chi connectivity index (χ2v) is 7.71. The first-order valence-electron chi connectivity index (χ1n) is 9.94. The lowest BCUT2D eigenvalue weighted by Crippen LogP contribution is -2.65. The molecule has 0 spiro atoms. The van der Waals surface area contributed by atoms with Gasteiger partial charge in [0.2, 0.25) is 5.95 Å². The molecule has 2 atom stereocenters. The fourth-order valence-electron chi connectivity index (χ4n) is 4.24. The molecule has 8 nitrogen and oxygen atoms in total. The Morgan fingerprint density at radius 2 is 1.84 bits per heavy atom. The van der Waals surface area contributed by atoms with Crippen LogP contribution in [0.25, 0.3) is 5.69 Å². The number of hydrogen-bond donors (Lipinski definition) is 0. The minimum absolute atomic E-state index is 0.0253. The van der Waals surface area contributed by atoms with Crippen LogP contribution in [0.4, 0.5) is 23.5 Å². The van der Waals surface area contributed by atoms with Crippen molar-refractivity contribution in [3.63, 3.8) is 0 Å². The number of rotatable bonds is 3. The molecule has 12 heteroatoms. The number of halogens is 4. The van der Waals surface area contributed by atoms with Crippen LogP contribution in [0.15, 0.2) is 42.9 Å².